The Kier molecular flexibility index (Phi) is 4.04. The molecule has 0 saturated carbocycles. The smallest absolute Gasteiger partial charge is 0.0641 e. The van der Waals surface area contributed by atoms with Crippen molar-refractivity contribution < 1.29 is 4.74 Å². The second-order valence-electron chi connectivity index (χ2n) is 3.89. The number of rotatable bonds is 2. The van der Waals surface area contributed by atoms with Crippen molar-refractivity contribution >= 4 is 17.3 Å². The first-order chi connectivity index (χ1) is 7.83. The van der Waals surface area contributed by atoms with Crippen LogP contribution in [0.2, 0.25) is 5.02 Å². The molecule has 0 spiro atoms. The highest BCUT2D eigenvalue weighted by Crippen LogP contribution is 2.27. The predicted molar refractivity (Wildman–Crippen MR) is 67.0 cm³/mol. The molecule has 1 fully saturated rings. The lowest BCUT2D eigenvalue weighted by Crippen LogP contribution is -2.27. The van der Waals surface area contributed by atoms with Crippen LogP contribution in [0.25, 0.3) is 0 Å². The molecule has 1 aliphatic heterocycles. The van der Waals surface area contributed by atoms with Crippen LogP contribution in [0.5, 0.6) is 0 Å². The van der Waals surface area contributed by atoms with Gasteiger partial charge in [-0.05, 0) is 18.6 Å². The van der Waals surface area contributed by atoms with Crippen LogP contribution in [0.3, 0.4) is 0 Å². The third-order valence-electron chi connectivity index (χ3n) is 2.86. The molecular formula is C12H17ClN2O. The van der Waals surface area contributed by atoms with Gasteiger partial charge in [0.15, 0.2) is 0 Å². The van der Waals surface area contributed by atoms with Crippen molar-refractivity contribution in [3.8, 4) is 0 Å². The lowest BCUT2D eigenvalue weighted by atomic mass is 10.1. The van der Waals surface area contributed by atoms with E-state index in [0.717, 1.165) is 49.0 Å². The van der Waals surface area contributed by atoms with E-state index in [4.69, 9.17) is 22.1 Å². The van der Waals surface area contributed by atoms with E-state index in [1.165, 1.54) is 0 Å². The Labute approximate surface area is 101 Å². The normalized spacial score (nSPS) is 17.2. The van der Waals surface area contributed by atoms with Crippen LogP contribution in [-0.4, -0.2) is 26.3 Å². The average Bonchev–Trinajstić information content (AvgIpc) is 2.57. The summed E-state index contributed by atoms with van der Waals surface area (Å²) in [7, 11) is 0. The van der Waals surface area contributed by atoms with Gasteiger partial charge in [0.05, 0.1) is 6.61 Å². The van der Waals surface area contributed by atoms with Crippen molar-refractivity contribution in [3.05, 3.63) is 28.8 Å². The molecule has 0 amide bonds. The summed E-state index contributed by atoms with van der Waals surface area (Å²) in [6.07, 6.45) is 1.05. The molecule has 2 N–H and O–H groups in total. The van der Waals surface area contributed by atoms with Gasteiger partial charge in [-0.2, -0.15) is 0 Å². The number of hydrogen-bond acceptors (Lipinski definition) is 3. The quantitative estimate of drug-likeness (QED) is 0.860. The number of ether oxygens (including phenoxy) is 1. The summed E-state index contributed by atoms with van der Waals surface area (Å²) >= 11 is 6.15. The molecule has 0 bridgehead atoms. The molecule has 4 heteroatoms. The molecule has 2 rings (SSSR count). The minimum absolute atomic E-state index is 0.479. The Hall–Kier alpha value is -0.770. The molecule has 0 aromatic heterocycles. The fourth-order valence-corrected chi connectivity index (χ4v) is 2.28. The van der Waals surface area contributed by atoms with Crippen LogP contribution in [0.15, 0.2) is 18.2 Å². The Morgan fingerprint density at radius 2 is 2.19 bits per heavy atom. The number of nitrogens with zero attached hydrogens (tertiary/aromatic N) is 1. The maximum atomic E-state index is 6.15. The van der Waals surface area contributed by atoms with Crippen molar-refractivity contribution in [3.63, 3.8) is 0 Å². The summed E-state index contributed by atoms with van der Waals surface area (Å²) in [5.41, 5.74) is 7.94. The van der Waals surface area contributed by atoms with Gasteiger partial charge in [0, 0.05) is 42.5 Å². The fourth-order valence-electron chi connectivity index (χ4n) is 2.03. The van der Waals surface area contributed by atoms with Crippen LogP contribution in [0.1, 0.15) is 12.0 Å². The molecule has 0 unspecified atom stereocenters. The van der Waals surface area contributed by atoms with Crippen molar-refractivity contribution in [2.24, 2.45) is 5.73 Å². The van der Waals surface area contributed by atoms with E-state index in [1.54, 1.807) is 0 Å². The number of hydrogen-bond donors (Lipinski definition) is 1. The third kappa shape index (κ3) is 2.48. The van der Waals surface area contributed by atoms with E-state index in [0.29, 0.717) is 6.54 Å². The van der Waals surface area contributed by atoms with Crippen molar-refractivity contribution in [2.75, 3.05) is 31.2 Å². The van der Waals surface area contributed by atoms with E-state index in [9.17, 15) is 0 Å². The second-order valence-corrected chi connectivity index (χ2v) is 4.30. The van der Waals surface area contributed by atoms with E-state index >= 15 is 0 Å². The van der Waals surface area contributed by atoms with Gasteiger partial charge in [-0.3, -0.25) is 0 Å². The lowest BCUT2D eigenvalue weighted by Gasteiger charge is -2.25. The van der Waals surface area contributed by atoms with Gasteiger partial charge in [0.2, 0.25) is 0 Å². The molecule has 16 heavy (non-hydrogen) atoms. The van der Waals surface area contributed by atoms with Gasteiger partial charge >= 0.3 is 0 Å². The highest BCUT2D eigenvalue weighted by molar-refractivity contribution is 6.31. The Bertz CT molecular complexity index is 349. The molecule has 3 nitrogen and oxygen atoms in total. The summed E-state index contributed by atoms with van der Waals surface area (Å²) in [4.78, 5) is 2.31. The maximum absolute atomic E-state index is 6.15. The third-order valence-corrected chi connectivity index (χ3v) is 3.22. The van der Waals surface area contributed by atoms with Crippen LogP contribution in [0, 0.1) is 0 Å². The summed E-state index contributed by atoms with van der Waals surface area (Å²) in [5, 5.41) is 0.755. The van der Waals surface area contributed by atoms with Crippen molar-refractivity contribution in [1.82, 2.24) is 0 Å². The van der Waals surface area contributed by atoms with E-state index in [2.05, 4.69) is 11.0 Å². The lowest BCUT2D eigenvalue weighted by molar-refractivity contribution is 0.152. The summed E-state index contributed by atoms with van der Waals surface area (Å²) in [6.45, 7) is 4.01. The van der Waals surface area contributed by atoms with Crippen LogP contribution < -0.4 is 10.6 Å². The maximum Gasteiger partial charge on any atom is 0.0641 e. The number of benzene rings is 1. The molecule has 1 saturated heterocycles. The van der Waals surface area contributed by atoms with E-state index in [-0.39, 0.29) is 0 Å². The van der Waals surface area contributed by atoms with Gasteiger partial charge in [-0.15, -0.1) is 0 Å². The van der Waals surface area contributed by atoms with E-state index in [1.807, 2.05) is 12.1 Å². The largest absolute Gasteiger partial charge is 0.380 e. The summed E-state index contributed by atoms with van der Waals surface area (Å²) in [6, 6.07) is 5.95. The fraction of sp³-hybridized carbons (Fsp3) is 0.500. The zero-order valence-corrected chi connectivity index (χ0v) is 10.0. The zero-order chi connectivity index (χ0) is 11.4. The van der Waals surface area contributed by atoms with Crippen molar-refractivity contribution in [2.45, 2.75) is 13.0 Å². The van der Waals surface area contributed by atoms with Gasteiger partial charge in [0.25, 0.3) is 0 Å². The zero-order valence-electron chi connectivity index (χ0n) is 9.29. The van der Waals surface area contributed by atoms with Crippen LogP contribution in [-0.2, 0) is 11.3 Å². The van der Waals surface area contributed by atoms with Gasteiger partial charge in [-0.25, -0.2) is 0 Å². The Morgan fingerprint density at radius 3 is 3.00 bits per heavy atom. The number of halogens is 1. The molecule has 88 valence electrons. The highest BCUT2D eigenvalue weighted by atomic mass is 35.5. The number of anilines is 1. The summed E-state index contributed by atoms with van der Waals surface area (Å²) < 4.78 is 5.44. The monoisotopic (exact) mass is 240 g/mol. The molecular weight excluding hydrogens is 224 g/mol. The molecule has 1 aliphatic rings. The topological polar surface area (TPSA) is 38.5 Å². The molecule has 0 aliphatic carbocycles. The first-order valence-electron chi connectivity index (χ1n) is 5.63. The minimum atomic E-state index is 0.479. The highest BCUT2D eigenvalue weighted by Gasteiger charge is 2.14. The van der Waals surface area contributed by atoms with E-state index < -0.39 is 0 Å². The SMILES string of the molecule is NCc1c(Cl)cccc1N1CCCOCC1. The predicted octanol–water partition coefficient (Wildman–Crippen LogP) is 2.03. The minimum Gasteiger partial charge on any atom is -0.380 e. The summed E-state index contributed by atoms with van der Waals surface area (Å²) in [5.74, 6) is 0. The van der Waals surface area contributed by atoms with Gasteiger partial charge < -0.3 is 15.4 Å². The Morgan fingerprint density at radius 1 is 1.31 bits per heavy atom. The molecule has 0 radical (unpaired) electrons. The number of nitrogens with two attached hydrogens (primary N) is 1. The second kappa shape index (κ2) is 5.53. The molecule has 1 aromatic rings. The van der Waals surface area contributed by atoms with Gasteiger partial charge in [0.1, 0.15) is 0 Å². The Balaban J connectivity index is 2.27. The average molecular weight is 241 g/mol. The first kappa shape index (κ1) is 11.7. The van der Waals surface area contributed by atoms with Crippen LogP contribution >= 0.6 is 11.6 Å². The van der Waals surface area contributed by atoms with Crippen molar-refractivity contribution in [1.29, 1.82) is 0 Å². The van der Waals surface area contributed by atoms with Gasteiger partial charge in [-0.1, -0.05) is 17.7 Å². The molecule has 1 aromatic carbocycles. The standard InChI is InChI=1S/C12H17ClN2O/c13-11-3-1-4-12(10(11)9-14)15-5-2-7-16-8-6-15/h1,3-4H,2,5-9,14H2. The first-order valence-corrected chi connectivity index (χ1v) is 6.01. The molecule has 1 heterocycles. The van der Waals surface area contributed by atoms with Crippen LogP contribution in [0.4, 0.5) is 5.69 Å². The molecule has 0 atom stereocenters.